The first-order valence-corrected chi connectivity index (χ1v) is 11.2. The number of amides is 1. The lowest BCUT2D eigenvalue weighted by Crippen LogP contribution is -2.46. The second-order valence-electron chi connectivity index (χ2n) is 8.44. The molecule has 0 aromatic heterocycles. The van der Waals surface area contributed by atoms with Crippen LogP contribution in [0.4, 0.5) is 10.1 Å². The van der Waals surface area contributed by atoms with E-state index in [1.54, 1.807) is 18.2 Å². The first kappa shape index (κ1) is 22.9. The summed E-state index contributed by atoms with van der Waals surface area (Å²) in [4.78, 5) is 26.6. The van der Waals surface area contributed by atoms with Crippen molar-refractivity contribution in [3.63, 3.8) is 0 Å². The zero-order valence-corrected chi connectivity index (χ0v) is 18.6. The average molecular weight is 451 g/mol. The highest BCUT2D eigenvalue weighted by Gasteiger charge is 2.24. The van der Waals surface area contributed by atoms with E-state index in [0.717, 1.165) is 24.2 Å². The number of nitrogens with zero attached hydrogens (tertiary/aromatic N) is 2. The average Bonchev–Trinajstić information content (AvgIpc) is 3.12. The number of hydrogen-bond acceptors (Lipinski definition) is 6. The molecule has 1 amide bonds. The number of rotatable bonds is 5. The lowest BCUT2D eigenvalue weighted by Gasteiger charge is -2.27. The summed E-state index contributed by atoms with van der Waals surface area (Å²) in [5.74, 6) is -0.706. The molecule has 2 aromatic carbocycles. The van der Waals surface area contributed by atoms with Gasteiger partial charge in [-0.15, -0.1) is 0 Å². The monoisotopic (exact) mass is 450 g/mol. The molecule has 8 heteroatoms. The van der Waals surface area contributed by atoms with Gasteiger partial charge in [0.1, 0.15) is 18.0 Å². The highest BCUT2D eigenvalue weighted by molar-refractivity contribution is 6.04. The van der Waals surface area contributed by atoms with Crippen molar-refractivity contribution in [2.24, 2.45) is 0 Å². The van der Waals surface area contributed by atoms with Gasteiger partial charge < -0.3 is 20.3 Å². The van der Waals surface area contributed by atoms with E-state index in [9.17, 15) is 19.2 Å². The number of anilines is 1. The quantitative estimate of drug-likeness (QED) is 0.727. The van der Waals surface area contributed by atoms with Crippen molar-refractivity contribution in [2.45, 2.75) is 31.4 Å². The molecule has 2 atom stereocenters. The lowest BCUT2D eigenvalue weighted by molar-refractivity contribution is -0.132. The van der Waals surface area contributed by atoms with Crippen molar-refractivity contribution in [1.29, 1.82) is 5.26 Å². The van der Waals surface area contributed by atoms with E-state index in [1.165, 1.54) is 6.07 Å². The number of benzene rings is 2. The summed E-state index contributed by atoms with van der Waals surface area (Å²) in [6, 6.07) is 11.5. The van der Waals surface area contributed by atoms with Gasteiger partial charge in [0, 0.05) is 50.8 Å². The smallest absolute Gasteiger partial charge is 0.251 e. The van der Waals surface area contributed by atoms with Crippen LogP contribution in [0.15, 0.2) is 36.4 Å². The second-order valence-corrected chi connectivity index (χ2v) is 8.44. The van der Waals surface area contributed by atoms with Crippen molar-refractivity contribution in [1.82, 2.24) is 10.6 Å². The van der Waals surface area contributed by atoms with Gasteiger partial charge in [-0.1, -0.05) is 18.2 Å². The minimum absolute atomic E-state index is 0.0515. The van der Waals surface area contributed by atoms with Gasteiger partial charge in [0.15, 0.2) is 5.78 Å². The number of Topliss-reactive ketones (excluding diaryl/α,β-unsaturated/α-hetero) is 1. The number of nitrogens with one attached hydrogen (secondary N) is 2. The lowest BCUT2D eigenvalue weighted by atomic mass is 9.95. The first-order valence-electron chi connectivity index (χ1n) is 11.2. The van der Waals surface area contributed by atoms with Crippen LogP contribution in [-0.4, -0.2) is 57.1 Å². The van der Waals surface area contributed by atoms with Crippen LogP contribution in [0, 0.1) is 17.1 Å². The van der Waals surface area contributed by atoms with Crippen molar-refractivity contribution >= 4 is 17.4 Å². The third-order valence-electron chi connectivity index (χ3n) is 6.11. The van der Waals surface area contributed by atoms with Crippen LogP contribution in [0.2, 0.25) is 0 Å². The van der Waals surface area contributed by atoms with Crippen LogP contribution in [-0.2, 0) is 16.0 Å². The van der Waals surface area contributed by atoms with Gasteiger partial charge in [0.25, 0.3) is 5.91 Å². The molecule has 33 heavy (non-hydrogen) atoms. The molecule has 4 rings (SSSR count). The van der Waals surface area contributed by atoms with Gasteiger partial charge in [-0.3, -0.25) is 9.59 Å². The van der Waals surface area contributed by atoms with Gasteiger partial charge in [-0.2, -0.15) is 5.26 Å². The van der Waals surface area contributed by atoms with Crippen molar-refractivity contribution < 1.29 is 18.7 Å². The van der Waals surface area contributed by atoms with E-state index in [0.29, 0.717) is 42.8 Å². The fourth-order valence-electron chi connectivity index (χ4n) is 4.18. The molecule has 2 aliphatic rings. The summed E-state index contributed by atoms with van der Waals surface area (Å²) in [5, 5.41) is 15.3. The number of halogens is 1. The van der Waals surface area contributed by atoms with Gasteiger partial charge in [-0.05, 0) is 47.9 Å². The zero-order valence-electron chi connectivity index (χ0n) is 18.6. The van der Waals surface area contributed by atoms with E-state index in [1.807, 2.05) is 30.1 Å². The standard InChI is InChI=1S/C25H27FN4O3/c1-30-9-7-23(31)20-6-5-17(13-22(20)30)16-3-4-18(21(26)12-16)11-19(14-27)29-25(32)24-15-28-8-2-10-33-24/h3-6,12-13,19,24,28H,2,7-11,15H2,1H3,(H,29,32)/t19-,24-/m0/s1. The van der Waals surface area contributed by atoms with E-state index >= 15 is 0 Å². The molecule has 7 nitrogen and oxygen atoms in total. The zero-order chi connectivity index (χ0) is 23.4. The number of ether oxygens (including phenoxy) is 1. The fraction of sp³-hybridized carbons (Fsp3) is 0.400. The predicted molar refractivity (Wildman–Crippen MR) is 123 cm³/mol. The van der Waals surface area contributed by atoms with Crippen LogP contribution in [0.1, 0.15) is 28.8 Å². The molecular weight excluding hydrogens is 423 g/mol. The number of carbonyl (C=O) groups excluding carboxylic acids is 2. The Morgan fingerprint density at radius 1 is 1.33 bits per heavy atom. The molecule has 2 N–H and O–H groups in total. The molecule has 2 aliphatic heterocycles. The van der Waals surface area contributed by atoms with Crippen molar-refractivity contribution in [2.75, 3.05) is 38.2 Å². The molecule has 0 saturated carbocycles. The summed E-state index contributed by atoms with van der Waals surface area (Å²) in [7, 11) is 1.94. The Morgan fingerprint density at radius 2 is 2.12 bits per heavy atom. The topological polar surface area (TPSA) is 94.5 Å². The summed E-state index contributed by atoms with van der Waals surface area (Å²) in [6.07, 6.45) is 0.701. The number of ketones is 1. The van der Waals surface area contributed by atoms with Gasteiger partial charge in [0.05, 0.1) is 6.07 Å². The molecule has 1 saturated heterocycles. The van der Waals surface area contributed by atoms with E-state index < -0.39 is 18.0 Å². The molecule has 0 radical (unpaired) electrons. The Bertz CT molecular complexity index is 1090. The summed E-state index contributed by atoms with van der Waals surface area (Å²) in [6.45, 7) is 2.30. The molecular formula is C25H27FN4O3. The SMILES string of the molecule is CN1CCC(=O)c2ccc(-c3ccc(C[C@@H](C#N)NC(=O)[C@@H]4CNCCCO4)c(F)c3)cc21. The highest BCUT2D eigenvalue weighted by Crippen LogP contribution is 2.32. The Morgan fingerprint density at radius 3 is 2.91 bits per heavy atom. The molecule has 1 fully saturated rings. The van der Waals surface area contributed by atoms with Crippen LogP contribution in [0.3, 0.4) is 0 Å². The minimum Gasteiger partial charge on any atom is -0.374 e. The van der Waals surface area contributed by atoms with Crippen LogP contribution in [0.5, 0.6) is 0 Å². The number of hydrogen-bond donors (Lipinski definition) is 2. The Hall–Kier alpha value is -3.28. The fourth-order valence-corrected chi connectivity index (χ4v) is 4.18. The van der Waals surface area contributed by atoms with Crippen molar-refractivity contribution in [3.05, 3.63) is 53.3 Å². The van der Waals surface area contributed by atoms with Crippen LogP contribution in [0.25, 0.3) is 11.1 Å². The third kappa shape index (κ3) is 5.21. The van der Waals surface area contributed by atoms with Gasteiger partial charge in [-0.25, -0.2) is 4.39 Å². The minimum atomic E-state index is -0.867. The van der Waals surface area contributed by atoms with Gasteiger partial charge >= 0.3 is 0 Å². The normalized spacial score (nSPS) is 19.2. The molecule has 2 aromatic rings. The third-order valence-corrected chi connectivity index (χ3v) is 6.11. The maximum absolute atomic E-state index is 14.9. The Kier molecular flexibility index (Phi) is 7.02. The van der Waals surface area contributed by atoms with Crippen LogP contribution < -0.4 is 15.5 Å². The van der Waals surface area contributed by atoms with E-state index in [-0.39, 0.29) is 18.1 Å². The molecule has 0 unspecified atom stereocenters. The molecule has 172 valence electrons. The molecule has 0 aliphatic carbocycles. The highest BCUT2D eigenvalue weighted by atomic mass is 19.1. The van der Waals surface area contributed by atoms with Crippen LogP contribution >= 0.6 is 0 Å². The maximum atomic E-state index is 14.9. The summed E-state index contributed by atoms with van der Waals surface area (Å²) >= 11 is 0. The second kappa shape index (κ2) is 10.1. The molecule has 0 bridgehead atoms. The molecule has 0 spiro atoms. The largest absolute Gasteiger partial charge is 0.374 e. The van der Waals surface area contributed by atoms with Crippen molar-refractivity contribution in [3.8, 4) is 17.2 Å². The van der Waals surface area contributed by atoms with E-state index in [4.69, 9.17) is 4.74 Å². The first-order chi connectivity index (χ1) is 16.0. The Balaban J connectivity index is 1.47. The number of fused-ring (bicyclic) bond motifs is 1. The summed E-state index contributed by atoms with van der Waals surface area (Å²) < 4.78 is 20.5. The number of carbonyl (C=O) groups is 2. The predicted octanol–water partition coefficient (Wildman–Crippen LogP) is 2.44. The molecule has 2 heterocycles. The van der Waals surface area contributed by atoms with Gasteiger partial charge in [0.2, 0.25) is 0 Å². The Labute approximate surface area is 192 Å². The number of nitriles is 1. The maximum Gasteiger partial charge on any atom is 0.251 e. The summed E-state index contributed by atoms with van der Waals surface area (Å²) in [5.41, 5.74) is 3.36. The van der Waals surface area contributed by atoms with E-state index in [2.05, 4.69) is 10.6 Å².